The van der Waals surface area contributed by atoms with Crippen molar-refractivity contribution < 1.29 is 8.42 Å². The summed E-state index contributed by atoms with van der Waals surface area (Å²) in [6, 6.07) is 7.91. The molecule has 0 radical (unpaired) electrons. The van der Waals surface area contributed by atoms with Crippen molar-refractivity contribution in [3.05, 3.63) is 29.8 Å². The zero-order chi connectivity index (χ0) is 13.2. The van der Waals surface area contributed by atoms with Crippen LogP contribution in [0.3, 0.4) is 0 Å². The van der Waals surface area contributed by atoms with Gasteiger partial charge in [0.1, 0.15) is 0 Å². The van der Waals surface area contributed by atoms with Crippen molar-refractivity contribution in [2.45, 2.75) is 23.8 Å². The van der Waals surface area contributed by atoms with Crippen LogP contribution in [0.25, 0.3) is 0 Å². The molecule has 1 heterocycles. The molecule has 1 aromatic carbocycles. The summed E-state index contributed by atoms with van der Waals surface area (Å²) in [7, 11) is -3.53. The second kappa shape index (κ2) is 6.35. The van der Waals surface area contributed by atoms with E-state index in [2.05, 4.69) is 0 Å². The first-order valence-corrected chi connectivity index (χ1v) is 7.24. The Hall–Kier alpha value is -1.13. The Kier molecular flexibility index (Phi) is 5.32. The first-order chi connectivity index (χ1) is 8.54. The maximum absolute atomic E-state index is 12.4. The predicted octanol–water partition coefficient (Wildman–Crippen LogP) is 1.09. The Morgan fingerprint density at radius 3 is 2.79 bits per heavy atom. The van der Waals surface area contributed by atoms with Gasteiger partial charge < -0.3 is 5.73 Å². The zero-order valence-electron chi connectivity index (χ0n) is 10.3. The highest BCUT2D eigenvalue weighted by atomic mass is 35.5. The molecular formula is C12H16ClN3O2S. The van der Waals surface area contributed by atoms with Crippen LogP contribution in [-0.2, 0) is 10.0 Å². The summed E-state index contributed by atoms with van der Waals surface area (Å²) < 4.78 is 26.1. The minimum atomic E-state index is -3.53. The average Bonchev–Trinajstić information content (AvgIpc) is 2.39. The Bertz CT molecular complexity index is 583. The Morgan fingerprint density at radius 2 is 2.16 bits per heavy atom. The van der Waals surface area contributed by atoms with Crippen LogP contribution in [-0.4, -0.2) is 31.9 Å². The Balaban J connectivity index is 0.00000180. The topological polar surface area (TPSA) is 87.2 Å². The molecular weight excluding hydrogens is 286 g/mol. The lowest BCUT2D eigenvalue weighted by Gasteiger charge is -2.29. The van der Waals surface area contributed by atoms with E-state index < -0.39 is 10.0 Å². The van der Waals surface area contributed by atoms with Crippen molar-refractivity contribution in [1.29, 1.82) is 5.26 Å². The van der Waals surface area contributed by atoms with Crippen LogP contribution in [0.4, 0.5) is 0 Å². The molecule has 1 aliphatic heterocycles. The molecule has 0 unspecified atom stereocenters. The second-order valence-electron chi connectivity index (χ2n) is 4.40. The number of sulfonamides is 1. The van der Waals surface area contributed by atoms with Crippen LogP contribution in [0.2, 0.25) is 0 Å². The van der Waals surface area contributed by atoms with E-state index in [1.807, 2.05) is 6.07 Å². The van der Waals surface area contributed by atoms with Gasteiger partial charge in [-0.15, -0.1) is 12.4 Å². The minimum absolute atomic E-state index is 0. The largest absolute Gasteiger partial charge is 0.327 e. The molecule has 0 aliphatic carbocycles. The lowest BCUT2D eigenvalue weighted by atomic mass is 10.1. The fourth-order valence-electron chi connectivity index (χ4n) is 2.07. The van der Waals surface area contributed by atoms with Gasteiger partial charge in [0.25, 0.3) is 0 Å². The third-order valence-corrected chi connectivity index (χ3v) is 4.88. The van der Waals surface area contributed by atoms with Crippen molar-refractivity contribution in [2.24, 2.45) is 5.73 Å². The van der Waals surface area contributed by atoms with Crippen molar-refractivity contribution in [2.75, 3.05) is 13.1 Å². The maximum Gasteiger partial charge on any atom is 0.243 e. The highest BCUT2D eigenvalue weighted by Gasteiger charge is 2.28. The van der Waals surface area contributed by atoms with Gasteiger partial charge in [-0.1, -0.05) is 6.07 Å². The number of nitrogens with two attached hydrogens (primary N) is 1. The van der Waals surface area contributed by atoms with E-state index in [1.165, 1.54) is 16.4 Å². The molecule has 0 amide bonds. The molecule has 7 heteroatoms. The van der Waals surface area contributed by atoms with E-state index in [1.54, 1.807) is 12.1 Å². The van der Waals surface area contributed by atoms with Crippen molar-refractivity contribution in [3.8, 4) is 6.07 Å². The van der Waals surface area contributed by atoms with Gasteiger partial charge in [-0.25, -0.2) is 8.42 Å². The van der Waals surface area contributed by atoms with Gasteiger partial charge in [-0.05, 0) is 31.0 Å². The fourth-order valence-corrected chi connectivity index (χ4v) is 3.65. The van der Waals surface area contributed by atoms with E-state index in [9.17, 15) is 8.42 Å². The van der Waals surface area contributed by atoms with Gasteiger partial charge in [-0.3, -0.25) is 0 Å². The molecule has 2 N–H and O–H groups in total. The molecule has 0 saturated carbocycles. The molecule has 1 fully saturated rings. The predicted molar refractivity (Wildman–Crippen MR) is 74.4 cm³/mol. The highest BCUT2D eigenvalue weighted by molar-refractivity contribution is 7.89. The third-order valence-electron chi connectivity index (χ3n) is 3.02. The van der Waals surface area contributed by atoms with E-state index >= 15 is 0 Å². The molecule has 1 aromatic rings. The second-order valence-corrected chi connectivity index (χ2v) is 6.34. The smallest absolute Gasteiger partial charge is 0.243 e. The number of rotatable bonds is 2. The maximum atomic E-state index is 12.4. The highest BCUT2D eigenvalue weighted by Crippen LogP contribution is 2.20. The molecule has 5 nitrogen and oxygen atoms in total. The third kappa shape index (κ3) is 3.45. The van der Waals surface area contributed by atoms with Crippen molar-refractivity contribution >= 4 is 22.4 Å². The summed E-state index contributed by atoms with van der Waals surface area (Å²) >= 11 is 0. The van der Waals surface area contributed by atoms with Crippen LogP contribution in [0, 0.1) is 11.3 Å². The summed E-state index contributed by atoms with van der Waals surface area (Å²) in [5.74, 6) is 0. The monoisotopic (exact) mass is 301 g/mol. The van der Waals surface area contributed by atoms with Crippen LogP contribution in [0.1, 0.15) is 18.4 Å². The minimum Gasteiger partial charge on any atom is -0.327 e. The van der Waals surface area contributed by atoms with Crippen LogP contribution < -0.4 is 5.73 Å². The first kappa shape index (κ1) is 15.9. The van der Waals surface area contributed by atoms with E-state index in [4.69, 9.17) is 11.0 Å². The molecule has 104 valence electrons. The molecule has 1 atom stereocenters. The number of nitriles is 1. The lowest BCUT2D eigenvalue weighted by molar-refractivity contribution is 0.316. The Labute approximate surface area is 119 Å². The zero-order valence-corrected chi connectivity index (χ0v) is 12.0. The molecule has 0 spiro atoms. The van der Waals surface area contributed by atoms with Crippen molar-refractivity contribution in [1.82, 2.24) is 4.31 Å². The average molecular weight is 302 g/mol. The number of piperidine rings is 1. The molecule has 1 saturated heterocycles. The molecule has 2 rings (SSSR count). The first-order valence-electron chi connectivity index (χ1n) is 5.80. The SMILES string of the molecule is Cl.N#Cc1cccc(S(=O)(=O)N2CCC[C@@H](N)C2)c1. The molecule has 0 bridgehead atoms. The van der Waals surface area contributed by atoms with Gasteiger partial charge in [0.15, 0.2) is 0 Å². The fraction of sp³-hybridized carbons (Fsp3) is 0.417. The number of nitrogens with zero attached hydrogens (tertiary/aromatic N) is 2. The number of halogens is 1. The normalized spacial score (nSPS) is 20.3. The molecule has 0 aromatic heterocycles. The standard InChI is InChI=1S/C12H15N3O2S.ClH/c13-8-10-3-1-5-12(7-10)18(16,17)15-6-2-4-11(14)9-15;/h1,3,5,7,11H,2,4,6,9,14H2;1H/t11-;/m1./s1. The molecule has 1 aliphatic rings. The van der Waals surface area contributed by atoms with Crippen LogP contribution >= 0.6 is 12.4 Å². The van der Waals surface area contributed by atoms with E-state index in [0.717, 1.165) is 12.8 Å². The number of hydrogen-bond donors (Lipinski definition) is 1. The quantitative estimate of drug-likeness (QED) is 0.886. The van der Waals surface area contributed by atoms with Gasteiger partial charge in [0.05, 0.1) is 16.5 Å². The number of hydrogen-bond acceptors (Lipinski definition) is 4. The van der Waals surface area contributed by atoms with Gasteiger partial charge in [0.2, 0.25) is 10.0 Å². The Morgan fingerprint density at radius 1 is 1.42 bits per heavy atom. The van der Waals surface area contributed by atoms with Gasteiger partial charge >= 0.3 is 0 Å². The van der Waals surface area contributed by atoms with Crippen LogP contribution in [0.15, 0.2) is 29.2 Å². The summed E-state index contributed by atoms with van der Waals surface area (Å²) in [6.45, 7) is 0.839. The van der Waals surface area contributed by atoms with Gasteiger partial charge in [0, 0.05) is 19.1 Å². The lowest BCUT2D eigenvalue weighted by Crippen LogP contribution is -2.45. The summed E-state index contributed by atoms with van der Waals surface area (Å²) in [5, 5.41) is 8.80. The van der Waals surface area contributed by atoms with E-state index in [-0.39, 0.29) is 23.3 Å². The number of benzene rings is 1. The van der Waals surface area contributed by atoms with Crippen LogP contribution in [0.5, 0.6) is 0 Å². The summed E-state index contributed by atoms with van der Waals surface area (Å²) in [6.07, 6.45) is 1.63. The summed E-state index contributed by atoms with van der Waals surface area (Å²) in [4.78, 5) is 0.163. The van der Waals surface area contributed by atoms with E-state index in [0.29, 0.717) is 18.7 Å². The summed E-state index contributed by atoms with van der Waals surface area (Å²) in [5.41, 5.74) is 6.14. The van der Waals surface area contributed by atoms with Gasteiger partial charge in [-0.2, -0.15) is 9.57 Å². The molecule has 19 heavy (non-hydrogen) atoms. The van der Waals surface area contributed by atoms with Crippen molar-refractivity contribution in [3.63, 3.8) is 0 Å².